The number of carboxylic acid groups (broad SMARTS) is 1. The zero-order chi connectivity index (χ0) is 15.5. The van der Waals surface area contributed by atoms with Gasteiger partial charge in [0.25, 0.3) is 0 Å². The lowest BCUT2D eigenvalue weighted by Crippen LogP contribution is -2.45. The molecule has 1 saturated carbocycles. The molecule has 0 aliphatic heterocycles. The number of rotatable bonds is 7. The predicted molar refractivity (Wildman–Crippen MR) is 84.1 cm³/mol. The largest absolute Gasteiger partial charge is 0.478 e. The highest BCUT2D eigenvalue weighted by Gasteiger charge is 2.36. The van der Waals surface area contributed by atoms with Crippen molar-refractivity contribution in [1.29, 1.82) is 0 Å². The van der Waals surface area contributed by atoms with Crippen LogP contribution in [0, 0.1) is 0 Å². The Kier molecular flexibility index (Phi) is 4.95. The van der Waals surface area contributed by atoms with Crippen LogP contribution in [0.15, 0.2) is 24.3 Å². The van der Waals surface area contributed by atoms with Crippen molar-refractivity contribution in [2.45, 2.75) is 29.8 Å². The highest BCUT2D eigenvalue weighted by molar-refractivity contribution is 8.00. The Bertz CT molecular complexity index is 618. The molecule has 0 unspecified atom stereocenters. The van der Waals surface area contributed by atoms with Crippen LogP contribution in [-0.4, -0.2) is 37.0 Å². The third-order valence-corrected chi connectivity index (χ3v) is 6.56. The van der Waals surface area contributed by atoms with Crippen LogP contribution in [0.2, 0.25) is 0 Å². The summed E-state index contributed by atoms with van der Waals surface area (Å²) in [5.41, 5.74) is 0.580. The Labute approximate surface area is 129 Å². The van der Waals surface area contributed by atoms with E-state index in [0.29, 0.717) is 12.1 Å². The summed E-state index contributed by atoms with van der Waals surface area (Å²) in [6.07, 6.45) is 5.21. The number of nitrogens with one attached hydrogen (secondary N) is 1. The van der Waals surface area contributed by atoms with Gasteiger partial charge in [-0.1, -0.05) is 18.6 Å². The molecule has 0 aromatic heterocycles. The van der Waals surface area contributed by atoms with Crippen molar-refractivity contribution in [3.05, 3.63) is 35.4 Å². The molecule has 21 heavy (non-hydrogen) atoms. The van der Waals surface area contributed by atoms with Crippen LogP contribution in [0.3, 0.4) is 0 Å². The fraction of sp³-hybridized carbons (Fsp3) is 0.500. The van der Waals surface area contributed by atoms with Crippen LogP contribution in [0.5, 0.6) is 0 Å². The number of aromatic carboxylic acids is 1. The predicted octanol–water partition coefficient (Wildman–Crippen LogP) is 2.09. The molecule has 2 N–H and O–H groups in total. The first-order valence-corrected chi connectivity index (χ1v) is 9.58. The minimum atomic E-state index is -3.45. The van der Waals surface area contributed by atoms with Gasteiger partial charge in [-0.2, -0.15) is 11.8 Å². The fourth-order valence-electron chi connectivity index (χ4n) is 2.33. The second-order valence-electron chi connectivity index (χ2n) is 5.33. The molecule has 5 nitrogen and oxygen atoms in total. The van der Waals surface area contributed by atoms with E-state index in [4.69, 9.17) is 5.11 Å². The van der Waals surface area contributed by atoms with Crippen molar-refractivity contribution in [3.63, 3.8) is 0 Å². The lowest BCUT2D eigenvalue weighted by atomic mass is 9.84. The number of sulfonamides is 1. The molecule has 0 heterocycles. The molecular weight excluding hydrogens is 310 g/mol. The maximum Gasteiger partial charge on any atom is 0.335 e. The van der Waals surface area contributed by atoms with Crippen molar-refractivity contribution in [3.8, 4) is 0 Å². The van der Waals surface area contributed by atoms with E-state index in [2.05, 4.69) is 4.72 Å². The maximum absolute atomic E-state index is 12.1. The molecule has 116 valence electrons. The summed E-state index contributed by atoms with van der Waals surface area (Å²) in [5.74, 6) is -1.25. The molecule has 0 amide bonds. The lowest BCUT2D eigenvalue weighted by molar-refractivity contribution is 0.0696. The van der Waals surface area contributed by atoms with Gasteiger partial charge in [0.2, 0.25) is 10.0 Å². The molecule has 2 rings (SSSR count). The summed E-state index contributed by atoms with van der Waals surface area (Å²) < 4.78 is 26.9. The van der Waals surface area contributed by atoms with Gasteiger partial charge in [0.15, 0.2) is 0 Å². The highest BCUT2D eigenvalue weighted by Crippen LogP contribution is 2.42. The monoisotopic (exact) mass is 329 g/mol. The standard InChI is InChI=1S/C14H19NO4S2/c1-20-14(6-3-7-14)10-15-21(18,19)9-11-4-2-5-12(8-11)13(16)17/h2,4-5,8,15H,3,6-7,9-10H2,1H3,(H,16,17). The van der Waals surface area contributed by atoms with Gasteiger partial charge in [-0.3, -0.25) is 0 Å². The van der Waals surface area contributed by atoms with Crippen LogP contribution >= 0.6 is 11.8 Å². The van der Waals surface area contributed by atoms with Crippen molar-refractivity contribution in [2.24, 2.45) is 0 Å². The van der Waals surface area contributed by atoms with E-state index in [1.54, 1.807) is 23.9 Å². The van der Waals surface area contributed by atoms with Crippen molar-refractivity contribution >= 4 is 27.8 Å². The van der Waals surface area contributed by atoms with Crippen molar-refractivity contribution < 1.29 is 18.3 Å². The van der Waals surface area contributed by atoms with E-state index in [0.717, 1.165) is 19.3 Å². The summed E-state index contributed by atoms with van der Waals surface area (Å²) in [6, 6.07) is 6.03. The Balaban J connectivity index is 2.00. The second kappa shape index (κ2) is 6.37. The Morgan fingerprint density at radius 2 is 2.14 bits per heavy atom. The first kappa shape index (κ1) is 16.3. The van der Waals surface area contributed by atoms with Crippen LogP contribution in [-0.2, 0) is 15.8 Å². The van der Waals surface area contributed by atoms with E-state index >= 15 is 0 Å². The van der Waals surface area contributed by atoms with Crippen molar-refractivity contribution in [1.82, 2.24) is 4.72 Å². The number of benzene rings is 1. The minimum Gasteiger partial charge on any atom is -0.478 e. The molecule has 1 aromatic rings. The summed E-state index contributed by atoms with van der Waals surface area (Å²) in [5, 5.41) is 8.92. The quantitative estimate of drug-likeness (QED) is 0.800. The minimum absolute atomic E-state index is 0.0377. The van der Waals surface area contributed by atoms with Gasteiger partial charge >= 0.3 is 5.97 Å². The number of thioether (sulfide) groups is 1. The SMILES string of the molecule is CSC1(CNS(=O)(=O)Cc2cccc(C(=O)O)c2)CCC1. The molecule has 1 aromatic carbocycles. The number of hydrogen-bond acceptors (Lipinski definition) is 4. The molecule has 0 saturated heterocycles. The molecule has 1 aliphatic carbocycles. The first-order valence-electron chi connectivity index (χ1n) is 6.71. The topological polar surface area (TPSA) is 83.5 Å². The van der Waals surface area contributed by atoms with Crippen LogP contribution in [0.4, 0.5) is 0 Å². The lowest BCUT2D eigenvalue weighted by Gasteiger charge is -2.40. The number of carbonyl (C=O) groups is 1. The van der Waals surface area contributed by atoms with Crippen LogP contribution in [0.1, 0.15) is 35.2 Å². The zero-order valence-electron chi connectivity index (χ0n) is 11.8. The highest BCUT2D eigenvalue weighted by atomic mass is 32.2. The number of carboxylic acids is 1. The summed E-state index contributed by atoms with van der Waals surface area (Å²) in [7, 11) is -3.45. The normalized spacial score (nSPS) is 17.2. The first-order chi connectivity index (χ1) is 9.86. The fourth-order valence-corrected chi connectivity index (χ4v) is 4.55. The van der Waals surface area contributed by atoms with Gasteiger partial charge in [0, 0.05) is 11.3 Å². The van der Waals surface area contributed by atoms with Gasteiger partial charge in [-0.15, -0.1) is 0 Å². The van der Waals surface area contributed by atoms with Gasteiger partial charge in [-0.25, -0.2) is 17.9 Å². The maximum atomic E-state index is 12.1. The summed E-state index contributed by atoms with van der Waals surface area (Å²) in [6.45, 7) is 0.440. The van der Waals surface area contributed by atoms with Crippen molar-refractivity contribution in [2.75, 3.05) is 12.8 Å². The molecule has 1 fully saturated rings. The molecule has 0 bridgehead atoms. The molecule has 1 aliphatic rings. The van der Waals surface area contributed by atoms with Crippen LogP contribution in [0.25, 0.3) is 0 Å². The molecule has 7 heteroatoms. The molecule has 0 radical (unpaired) electrons. The van der Waals surface area contributed by atoms with Gasteiger partial charge < -0.3 is 5.11 Å². The van der Waals surface area contributed by atoms with E-state index < -0.39 is 16.0 Å². The van der Waals surface area contributed by atoms with E-state index in [1.165, 1.54) is 12.1 Å². The third kappa shape index (κ3) is 4.21. The zero-order valence-corrected chi connectivity index (χ0v) is 13.5. The third-order valence-electron chi connectivity index (χ3n) is 3.84. The summed E-state index contributed by atoms with van der Waals surface area (Å²) in [4.78, 5) is 10.9. The molecular formula is C14H19NO4S2. The van der Waals surface area contributed by atoms with E-state index in [-0.39, 0.29) is 16.1 Å². The molecule has 0 spiro atoms. The van der Waals surface area contributed by atoms with Gasteiger partial charge in [-0.05, 0) is 36.8 Å². The Morgan fingerprint density at radius 3 is 2.67 bits per heavy atom. The van der Waals surface area contributed by atoms with Crippen LogP contribution < -0.4 is 4.72 Å². The van der Waals surface area contributed by atoms with Gasteiger partial charge in [0.1, 0.15) is 0 Å². The average Bonchev–Trinajstić information content (AvgIpc) is 2.37. The summed E-state index contributed by atoms with van der Waals surface area (Å²) >= 11 is 1.71. The second-order valence-corrected chi connectivity index (χ2v) is 8.41. The Hall–Kier alpha value is -1.05. The smallest absolute Gasteiger partial charge is 0.335 e. The van der Waals surface area contributed by atoms with E-state index in [9.17, 15) is 13.2 Å². The Morgan fingerprint density at radius 1 is 1.43 bits per heavy atom. The molecule has 0 atom stereocenters. The average molecular weight is 329 g/mol. The van der Waals surface area contributed by atoms with Gasteiger partial charge in [0.05, 0.1) is 11.3 Å². The van der Waals surface area contributed by atoms with E-state index in [1.807, 2.05) is 6.26 Å². The number of hydrogen-bond donors (Lipinski definition) is 2.